The summed E-state index contributed by atoms with van der Waals surface area (Å²) in [6.45, 7) is 2.58. The van der Waals surface area contributed by atoms with E-state index in [0.29, 0.717) is 43.1 Å². The van der Waals surface area contributed by atoms with Crippen LogP contribution in [-0.2, 0) is 4.79 Å². The number of anilines is 2. The number of hydrogen-bond donors (Lipinski definition) is 2. The van der Waals surface area contributed by atoms with Gasteiger partial charge in [-0.25, -0.2) is 4.39 Å². The van der Waals surface area contributed by atoms with Gasteiger partial charge in [-0.2, -0.15) is 0 Å². The maximum Gasteiger partial charge on any atom is 0.286 e. The highest BCUT2D eigenvalue weighted by Gasteiger charge is 2.30. The Morgan fingerprint density at radius 3 is 2.53 bits per heavy atom. The van der Waals surface area contributed by atoms with Crippen LogP contribution in [0.4, 0.5) is 15.8 Å². The number of aryl methyl sites for hydroxylation is 1. The van der Waals surface area contributed by atoms with Crippen molar-refractivity contribution >= 4 is 40.4 Å². The summed E-state index contributed by atoms with van der Waals surface area (Å²) in [6.07, 6.45) is 0.864. The van der Waals surface area contributed by atoms with Crippen molar-refractivity contribution in [2.75, 3.05) is 30.5 Å². The lowest BCUT2D eigenvalue weighted by Crippen LogP contribution is -2.41. The van der Waals surface area contributed by atoms with Crippen molar-refractivity contribution in [2.45, 2.75) is 19.8 Å². The van der Waals surface area contributed by atoms with Gasteiger partial charge < -0.3 is 25.0 Å². The standard InChI is InChI=1S/C24H22FN5O5S/c1-13-2-4-17(16(25)10-13)27-20(31)14-6-8-30(9-7-14)24(33)23-29-28-22(36-23)21(32)26-15-3-5-18-19(11-15)35-12-34-18/h2-5,10-11,14H,6-9,12H2,1H3,(H,26,32)(H,27,31). The summed E-state index contributed by atoms with van der Waals surface area (Å²) in [6, 6.07) is 9.63. The van der Waals surface area contributed by atoms with Gasteiger partial charge >= 0.3 is 0 Å². The number of benzene rings is 2. The van der Waals surface area contributed by atoms with E-state index in [4.69, 9.17) is 9.47 Å². The number of halogens is 1. The normalized spacial score (nSPS) is 15.0. The van der Waals surface area contributed by atoms with Gasteiger partial charge in [-0.1, -0.05) is 17.4 Å². The number of likely N-dealkylation sites (tertiary alicyclic amines) is 1. The van der Waals surface area contributed by atoms with E-state index in [1.54, 1.807) is 36.1 Å². The molecule has 0 saturated carbocycles. The Kier molecular flexibility index (Phi) is 6.51. The van der Waals surface area contributed by atoms with Crippen LogP contribution in [0.25, 0.3) is 0 Å². The average molecular weight is 512 g/mol. The van der Waals surface area contributed by atoms with E-state index in [0.717, 1.165) is 16.9 Å². The van der Waals surface area contributed by atoms with Gasteiger partial charge in [0.25, 0.3) is 11.8 Å². The molecule has 0 unspecified atom stereocenters. The number of aromatic nitrogens is 2. The smallest absolute Gasteiger partial charge is 0.286 e. The van der Waals surface area contributed by atoms with Gasteiger partial charge in [-0.05, 0) is 49.6 Å². The molecule has 1 aromatic heterocycles. The molecule has 0 atom stereocenters. The third-order valence-corrected chi connectivity index (χ3v) is 6.88. The third-order valence-electron chi connectivity index (χ3n) is 5.97. The molecule has 186 valence electrons. The molecule has 10 nitrogen and oxygen atoms in total. The average Bonchev–Trinajstić information content (AvgIpc) is 3.55. The first-order valence-electron chi connectivity index (χ1n) is 11.3. The third kappa shape index (κ3) is 4.98. The van der Waals surface area contributed by atoms with Gasteiger partial charge in [-0.15, -0.1) is 10.2 Å². The van der Waals surface area contributed by atoms with E-state index < -0.39 is 11.7 Å². The largest absolute Gasteiger partial charge is 0.454 e. The number of carbonyl (C=O) groups excluding carboxylic acids is 3. The highest BCUT2D eigenvalue weighted by Crippen LogP contribution is 2.34. The molecule has 0 aliphatic carbocycles. The molecule has 3 amide bonds. The minimum Gasteiger partial charge on any atom is -0.454 e. The molecule has 12 heteroatoms. The first kappa shape index (κ1) is 23.7. The zero-order valence-corrected chi connectivity index (χ0v) is 20.1. The minimum atomic E-state index is -0.496. The lowest BCUT2D eigenvalue weighted by Gasteiger charge is -2.30. The number of amides is 3. The number of carbonyl (C=O) groups is 3. The Balaban J connectivity index is 1.15. The lowest BCUT2D eigenvalue weighted by atomic mass is 9.95. The summed E-state index contributed by atoms with van der Waals surface area (Å²) < 4.78 is 24.6. The minimum absolute atomic E-state index is 0.0467. The molecule has 0 radical (unpaired) electrons. The van der Waals surface area contributed by atoms with E-state index in [-0.39, 0.29) is 40.2 Å². The van der Waals surface area contributed by atoms with Crippen molar-refractivity contribution in [3.63, 3.8) is 0 Å². The molecular formula is C24H22FN5O5S. The summed E-state index contributed by atoms with van der Waals surface area (Å²) in [5, 5.41) is 13.2. The van der Waals surface area contributed by atoms with Crippen LogP contribution in [0.2, 0.25) is 0 Å². The zero-order chi connectivity index (χ0) is 25.2. The van der Waals surface area contributed by atoms with Gasteiger partial charge in [0.1, 0.15) is 5.82 Å². The second kappa shape index (κ2) is 9.90. The van der Waals surface area contributed by atoms with E-state index >= 15 is 0 Å². The summed E-state index contributed by atoms with van der Waals surface area (Å²) in [4.78, 5) is 39.6. The first-order chi connectivity index (χ1) is 17.4. The van der Waals surface area contributed by atoms with Gasteiger partial charge in [0.15, 0.2) is 11.5 Å². The fourth-order valence-electron chi connectivity index (χ4n) is 4.00. The fourth-order valence-corrected chi connectivity index (χ4v) is 4.70. The van der Waals surface area contributed by atoms with E-state index in [2.05, 4.69) is 20.8 Å². The maximum atomic E-state index is 14.0. The number of ether oxygens (including phenoxy) is 2. The van der Waals surface area contributed by atoms with Gasteiger partial charge in [0, 0.05) is 30.8 Å². The number of piperidine rings is 1. The fraction of sp³-hybridized carbons (Fsp3) is 0.292. The molecule has 1 fully saturated rings. The van der Waals surface area contributed by atoms with Crippen molar-refractivity contribution in [2.24, 2.45) is 5.92 Å². The number of fused-ring (bicyclic) bond motifs is 1. The highest BCUT2D eigenvalue weighted by atomic mass is 32.1. The van der Waals surface area contributed by atoms with Crippen molar-refractivity contribution in [1.82, 2.24) is 15.1 Å². The quantitative estimate of drug-likeness (QED) is 0.538. The SMILES string of the molecule is Cc1ccc(NC(=O)C2CCN(C(=O)c3nnc(C(=O)Nc4ccc5c(c4)OCO5)s3)CC2)c(F)c1. The molecule has 5 rings (SSSR count). The van der Waals surface area contributed by atoms with Crippen molar-refractivity contribution in [1.29, 1.82) is 0 Å². The maximum absolute atomic E-state index is 14.0. The molecule has 2 aliphatic heterocycles. The van der Waals surface area contributed by atoms with Crippen LogP contribution in [0.5, 0.6) is 11.5 Å². The second-order valence-corrected chi connectivity index (χ2v) is 9.45. The van der Waals surface area contributed by atoms with Crippen LogP contribution in [0, 0.1) is 18.7 Å². The molecule has 2 aromatic carbocycles. The molecule has 2 aliphatic rings. The van der Waals surface area contributed by atoms with Gasteiger partial charge in [0.05, 0.1) is 5.69 Å². The molecular weight excluding hydrogens is 489 g/mol. The van der Waals surface area contributed by atoms with E-state index in [1.165, 1.54) is 12.1 Å². The number of hydrogen-bond acceptors (Lipinski definition) is 8. The van der Waals surface area contributed by atoms with E-state index in [9.17, 15) is 18.8 Å². The summed E-state index contributed by atoms with van der Waals surface area (Å²) in [7, 11) is 0. The van der Waals surface area contributed by atoms with E-state index in [1.807, 2.05) is 0 Å². The second-order valence-electron chi connectivity index (χ2n) is 8.47. The monoisotopic (exact) mass is 511 g/mol. The highest BCUT2D eigenvalue weighted by molar-refractivity contribution is 7.15. The molecule has 2 N–H and O–H groups in total. The topological polar surface area (TPSA) is 123 Å². The molecule has 0 bridgehead atoms. The zero-order valence-electron chi connectivity index (χ0n) is 19.2. The Labute approximate surface area is 209 Å². The summed E-state index contributed by atoms with van der Waals surface area (Å²) in [5.41, 5.74) is 1.41. The predicted octanol–water partition coefficient (Wildman–Crippen LogP) is 3.46. The van der Waals surface area contributed by atoms with Crippen LogP contribution in [0.3, 0.4) is 0 Å². The molecule has 0 spiro atoms. The van der Waals surface area contributed by atoms with Crippen LogP contribution in [0.15, 0.2) is 36.4 Å². The Hall–Kier alpha value is -4.06. The van der Waals surface area contributed by atoms with Crippen LogP contribution in [0.1, 0.15) is 38.0 Å². The summed E-state index contributed by atoms with van der Waals surface area (Å²) in [5.74, 6) is -0.814. The van der Waals surface area contributed by atoms with Crippen LogP contribution in [-0.4, -0.2) is 52.7 Å². The Morgan fingerprint density at radius 2 is 1.75 bits per heavy atom. The number of rotatable bonds is 5. The Bertz CT molecular complexity index is 1340. The summed E-state index contributed by atoms with van der Waals surface area (Å²) >= 11 is 0.897. The number of nitrogens with one attached hydrogen (secondary N) is 2. The van der Waals surface area contributed by atoms with Crippen LogP contribution >= 0.6 is 11.3 Å². The van der Waals surface area contributed by atoms with Crippen molar-refractivity contribution < 1.29 is 28.2 Å². The van der Waals surface area contributed by atoms with Gasteiger partial charge in [0.2, 0.25) is 22.7 Å². The molecule has 1 saturated heterocycles. The van der Waals surface area contributed by atoms with Crippen molar-refractivity contribution in [3.05, 3.63) is 57.8 Å². The Morgan fingerprint density at radius 1 is 1.00 bits per heavy atom. The molecule has 3 aromatic rings. The van der Waals surface area contributed by atoms with Gasteiger partial charge in [-0.3, -0.25) is 14.4 Å². The first-order valence-corrected chi connectivity index (χ1v) is 12.1. The van der Waals surface area contributed by atoms with Crippen molar-refractivity contribution in [3.8, 4) is 11.5 Å². The predicted molar refractivity (Wildman–Crippen MR) is 129 cm³/mol. The molecule has 36 heavy (non-hydrogen) atoms. The lowest BCUT2D eigenvalue weighted by molar-refractivity contribution is -0.121. The molecule has 3 heterocycles. The number of nitrogens with zero attached hydrogens (tertiary/aromatic N) is 3. The van der Waals surface area contributed by atoms with Crippen LogP contribution < -0.4 is 20.1 Å².